The van der Waals surface area contributed by atoms with E-state index in [1.54, 1.807) is 0 Å². The fourth-order valence-corrected chi connectivity index (χ4v) is 2.36. The summed E-state index contributed by atoms with van der Waals surface area (Å²) in [6.45, 7) is 0. The molecular formula is C16H10F3N5O5. The van der Waals surface area contributed by atoms with Gasteiger partial charge in [-0.1, -0.05) is 12.1 Å². The van der Waals surface area contributed by atoms with Gasteiger partial charge in [0.15, 0.2) is 11.5 Å². The van der Waals surface area contributed by atoms with E-state index >= 15 is 0 Å². The van der Waals surface area contributed by atoms with Crippen LogP contribution < -0.4 is 15.8 Å². The summed E-state index contributed by atoms with van der Waals surface area (Å²) in [4.78, 5) is 30.5. The molecule has 0 fully saturated rings. The van der Waals surface area contributed by atoms with Gasteiger partial charge in [0, 0.05) is 0 Å². The van der Waals surface area contributed by atoms with Gasteiger partial charge >= 0.3 is 12.0 Å². The Balaban J connectivity index is 2.03. The zero-order valence-corrected chi connectivity index (χ0v) is 14.1. The quantitative estimate of drug-likeness (QED) is 0.482. The van der Waals surface area contributed by atoms with Crippen LogP contribution in [0.4, 0.5) is 30.6 Å². The Kier molecular flexibility index (Phi) is 5.04. The smallest absolute Gasteiger partial charge is 0.462 e. The van der Waals surface area contributed by atoms with Crippen LogP contribution in [0.5, 0.6) is 5.75 Å². The predicted octanol–water partition coefficient (Wildman–Crippen LogP) is 3.38. The third-order valence-corrected chi connectivity index (χ3v) is 3.43. The van der Waals surface area contributed by atoms with E-state index in [0.29, 0.717) is 0 Å². The van der Waals surface area contributed by atoms with Crippen LogP contribution >= 0.6 is 0 Å². The number of para-hydroxylation sites is 1. The Hall–Kier alpha value is -4.16. The molecule has 0 aliphatic heterocycles. The number of hydrogen-bond donors (Lipinski definition) is 2. The van der Waals surface area contributed by atoms with Gasteiger partial charge in [-0.25, -0.2) is 4.98 Å². The molecule has 3 rings (SSSR count). The lowest BCUT2D eigenvalue weighted by atomic mass is 10.2. The summed E-state index contributed by atoms with van der Waals surface area (Å²) in [6, 6.07) is 7.28. The highest BCUT2D eigenvalue weighted by molar-refractivity contribution is 6.07. The second-order valence-electron chi connectivity index (χ2n) is 5.36. The second kappa shape index (κ2) is 7.46. The summed E-state index contributed by atoms with van der Waals surface area (Å²) >= 11 is 0. The number of benzene rings is 1. The van der Waals surface area contributed by atoms with Crippen LogP contribution in [0.3, 0.4) is 0 Å². The molecule has 0 aliphatic rings. The standard InChI is InChI=1S/C16H10F3N5O5/c17-16(18,19)29-9-5-2-1-4-8(9)14(25)22-13-12(24(26)27)11(21-15(20)23-13)10-6-3-7-28-10/h1-7H,(H3,20,21,22,23,25). The van der Waals surface area contributed by atoms with Crippen molar-refractivity contribution in [3.05, 3.63) is 58.3 Å². The van der Waals surface area contributed by atoms with Crippen LogP contribution in [0.25, 0.3) is 11.5 Å². The molecule has 0 saturated carbocycles. The number of halogens is 3. The number of nitrogens with zero attached hydrogens (tertiary/aromatic N) is 3. The van der Waals surface area contributed by atoms with Crippen molar-refractivity contribution in [2.24, 2.45) is 0 Å². The minimum Gasteiger partial charge on any atom is -0.462 e. The maximum Gasteiger partial charge on any atom is 0.573 e. The SMILES string of the molecule is Nc1nc(NC(=O)c2ccccc2OC(F)(F)F)c([N+](=O)[O-])c(-c2ccco2)n1. The zero-order valence-electron chi connectivity index (χ0n) is 14.1. The monoisotopic (exact) mass is 409 g/mol. The number of ether oxygens (including phenoxy) is 1. The fourth-order valence-electron chi connectivity index (χ4n) is 2.36. The molecule has 0 bridgehead atoms. The van der Waals surface area contributed by atoms with E-state index in [0.717, 1.165) is 12.1 Å². The molecule has 0 atom stereocenters. The predicted molar refractivity (Wildman–Crippen MR) is 91.9 cm³/mol. The first-order chi connectivity index (χ1) is 13.7. The van der Waals surface area contributed by atoms with Crippen molar-refractivity contribution in [2.45, 2.75) is 6.36 Å². The molecule has 0 saturated heterocycles. The number of furan rings is 1. The number of hydrogen-bond acceptors (Lipinski definition) is 8. The number of nitro groups is 1. The summed E-state index contributed by atoms with van der Waals surface area (Å²) in [5.41, 5.74) is 3.95. The molecule has 1 amide bonds. The van der Waals surface area contributed by atoms with Gasteiger partial charge in [0.25, 0.3) is 5.91 Å². The summed E-state index contributed by atoms with van der Waals surface area (Å²) in [5, 5.41) is 13.6. The average molecular weight is 409 g/mol. The Morgan fingerprint density at radius 2 is 1.93 bits per heavy atom. The van der Waals surface area contributed by atoms with E-state index in [4.69, 9.17) is 10.2 Å². The Bertz CT molecular complexity index is 1070. The molecule has 13 heteroatoms. The molecule has 0 radical (unpaired) electrons. The number of anilines is 2. The van der Waals surface area contributed by atoms with Crippen LogP contribution in [0.1, 0.15) is 10.4 Å². The number of nitrogens with two attached hydrogens (primary N) is 1. The van der Waals surface area contributed by atoms with Crippen molar-refractivity contribution < 1.29 is 32.0 Å². The Labute approximate surface area is 159 Å². The van der Waals surface area contributed by atoms with E-state index in [1.165, 1.54) is 30.5 Å². The van der Waals surface area contributed by atoms with Crippen molar-refractivity contribution in [3.63, 3.8) is 0 Å². The van der Waals surface area contributed by atoms with Crippen LogP contribution in [0.15, 0.2) is 47.1 Å². The third-order valence-electron chi connectivity index (χ3n) is 3.43. The van der Waals surface area contributed by atoms with Gasteiger partial charge < -0.3 is 20.2 Å². The highest BCUT2D eigenvalue weighted by Crippen LogP contribution is 2.35. The van der Waals surface area contributed by atoms with Crippen molar-refractivity contribution in [2.75, 3.05) is 11.1 Å². The van der Waals surface area contributed by atoms with Crippen molar-refractivity contribution in [3.8, 4) is 17.2 Å². The maximum atomic E-state index is 12.6. The van der Waals surface area contributed by atoms with Crippen molar-refractivity contribution in [1.29, 1.82) is 0 Å². The molecule has 0 aliphatic carbocycles. The van der Waals surface area contributed by atoms with E-state index in [1.807, 2.05) is 0 Å². The molecule has 2 aromatic heterocycles. The van der Waals surface area contributed by atoms with Crippen LogP contribution in [-0.2, 0) is 0 Å². The summed E-state index contributed by atoms with van der Waals surface area (Å²) < 4.78 is 46.5. The summed E-state index contributed by atoms with van der Waals surface area (Å²) in [6.07, 6.45) is -3.81. The molecule has 3 aromatic rings. The number of amides is 1. The van der Waals surface area contributed by atoms with E-state index in [2.05, 4.69) is 20.0 Å². The zero-order chi connectivity index (χ0) is 21.2. The summed E-state index contributed by atoms with van der Waals surface area (Å²) in [7, 11) is 0. The molecule has 0 unspecified atom stereocenters. The number of aromatic nitrogens is 2. The van der Waals surface area contributed by atoms with E-state index in [-0.39, 0.29) is 11.5 Å². The van der Waals surface area contributed by atoms with E-state index in [9.17, 15) is 28.1 Å². The molecule has 3 N–H and O–H groups in total. The van der Waals surface area contributed by atoms with Gasteiger partial charge in [-0.3, -0.25) is 14.9 Å². The lowest BCUT2D eigenvalue weighted by molar-refractivity contribution is -0.383. The largest absolute Gasteiger partial charge is 0.573 e. The van der Waals surface area contributed by atoms with E-state index < -0.39 is 46.0 Å². The third kappa shape index (κ3) is 4.40. The molecular weight excluding hydrogens is 399 g/mol. The number of carbonyl (C=O) groups is 1. The van der Waals surface area contributed by atoms with Gasteiger partial charge in [0.1, 0.15) is 5.75 Å². The minimum absolute atomic E-state index is 0.0258. The summed E-state index contributed by atoms with van der Waals surface area (Å²) in [5.74, 6) is -3.02. The first-order valence-electron chi connectivity index (χ1n) is 7.67. The maximum absolute atomic E-state index is 12.6. The number of carbonyl (C=O) groups excluding carboxylic acids is 1. The van der Waals surface area contributed by atoms with Crippen LogP contribution in [-0.4, -0.2) is 27.2 Å². The number of alkyl halides is 3. The normalized spacial score (nSPS) is 11.1. The first kappa shape index (κ1) is 19.6. The number of rotatable bonds is 5. The van der Waals surface area contributed by atoms with Crippen LogP contribution in [0, 0.1) is 10.1 Å². The van der Waals surface area contributed by atoms with Gasteiger partial charge in [-0.15, -0.1) is 13.2 Å². The number of nitrogens with one attached hydrogen (secondary N) is 1. The van der Waals surface area contributed by atoms with Gasteiger partial charge in [-0.2, -0.15) is 4.98 Å². The Morgan fingerprint density at radius 3 is 2.55 bits per heavy atom. The second-order valence-corrected chi connectivity index (χ2v) is 5.36. The van der Waals surface area contributed by atoms with Gasteiger partial charge in [0.2, 0.25) is 11.8 Å². The van der Waals surface area contributed by atoms with Gasteiger partial charge in [0.05, 0.1) is 16.7 Å². The molecule has 150 valence electrons. The fraction of sp³-hybridized carbons (Fsp3) is 0.0625. The van der Waals surface area contributed by atoms with Crippen molar-refractivity contribution >= 4 is 23.4 Å². The molecule has 29 heavy (non-hydrogen) atoms. The average Bonchev–Trinajstić information content (AvgIpc) is 3.14. The molecule has 2 heterocycles. The molecule has 1 aromatic carbocycles. The Morgan fingerprint density at radius 1 is 1.21 bits per heavy atom. The van der Waals surface area contributed by atoms with Crippen molar-refractivity contribution in [1.82, 2.24) is 9.97 Å². The first-order valence-corrected chi connectivity index (χ1v) is 7.67. The molecule has 10 nitrogen and oxygen atoms in total. The highest BCUT2D eigenvalue weighted by atomic mass is 19.4. The minimum atomic E-state index is -5.05. The number of nitrogen functional groups attached to an aromatic ring is 1. The van der Waals surface area contributed by atoms with Gasteiger partial charge in [-0.05, 0) is 24.3 Å². The lowest BCUT2D eigenvalue weighted by Crippen LogP contribution is -2.21. The lowest BCUT2D eigenvalue weighted by Gasteiger charge is -2.13. The van der Waals surface area contributed by atoms with Crippen LogP contribution in [0.2, 0.25) is 0 Å². The molecule has 0 spiro atoms. The topological polar surface area (TPSA) is 146 Å². The highest BCUT2D eigenvalue weighted by Gasteiger charge is 2.34.